The van der Waals surface area contributed by atoms with Gasteiger partial charge in [-0.1, -0.05) is 24.3 Å². The van der Waals surface area contributed by atoms with Gasteiger partial charge in [-0.15, -0.1) is 0 Å². The van der Waals surface area contributed by atoms with Crippen LogP contribution < -0.4 is 4.90 Å². The monoisotopic (exact) mass is 255 g/mol. The van der Waals surface area contributed by atoms with E-state index < -0.39 is 0 Å². The minimum absolute atomic E-state index is 0.112. The molecule has 0 saturated carbocycles. The van der Waals surface area contributed by atoms with E-state index in [1.54, 1.807) is 12.1 Å². The lowest BCUT2D eigenvalue weighted by molar-refractivity contribution is 0.101. The molecule has 0 atom stereocenters. The van der Waals surface area contributed by atoms with Gasteiger partial charge in [0.05, 0.1) is 5.69 Å². The molecule has 2 aromatic rings. The number of para-hydroxylation sites is 2. The maximum Gasteiger partial charge on any atom is 0.162 e. The number of carbonyl (C=O) groups is 1. The Morgan fingerprint density at radius 2 is 1.95 bits per heavy atom. The maximum absolute atomic E-state index is 14.2. The molecule has 0 saturated heterocycles. The highest BCUT2D eigenvalue weighted by atomic mass is 19.1. The van der Waals surface area contributed by atoms with Crippen molar-refractivity contribution in [3.05, 3.63) is 59.4 Å². The summed E-state index contributed by atoms with van der Waals surface area (Å²) in [6.45, 7) is 2.18. The van der Waals surface area contributed by atoms with Crippen molar-refractivity contribution >= 4 is 17.2 Å². The van der Waals surface area contributed by atoms with Crippen LogP contribution in [0.4, 0.5) is 15.8 Å². The normalized spacial score (nSPS) is 13.5. The van der Waals surface area contributed by atoms with Crippen LogP contribution in [-0.4, -0.2) is 12.3 Å². The SMILES string of the molecule is CC(=O)c1cccc(F)c1N1CCc2ccccc21. The lowest BCUT2D eigenvalue weighted by Crippen LogP contribution is -2.18. The number of fused-ring (bicyclic) bond motifs is 1. The van der Waals surface area contributed by atoms with Crippen molar-refractivity contribution < 1.29 is 9.18 Å². The van der Waals surface area contributed by atoms with E-state index in [4.69, 9.17) is 0 Å². The van der Waals surface area contributed by atoms with Gasteiger partial charge < -0.3 is 4.90 Å². The molecule has 0 aromatic heterocycles. The molecule has 0 N–H and O–H groups in total. The van der Waals surface area contributed by atoms with Gasteiger partial charge in [-0.05, 0) is 37.1 Å². The molecule has 2 aromatic carbocycles. The molecule has 0 aliphatic carbocycles. The van der Waals surface area contributed by atoms with E-state index >= 15 is 0 Å². The molecular formula is C16H14FNO. The Hall–Kier alpha value is -2.16. The van der Waals surface area contributed by atoms with Crippen LogP contribution in [0.2, 0.25) is 0 Å². The zero-order valence-corrected chi connectivity index (χ0v) is 10.7. The first kappa shape index (κ1) is 11.9. The Morgan fingerprint density at radius 3 is 2.74 bits per heavy atom. The highest BCUT2D eigenvalue weighted by Crippen LogP contribution is 2.37. The van der Waals surface area contributed by atoms with Crippen molar-refractivity contribution in [1.82, 2.24) is 0 Å². The van der Waals surface area contributed by atoms with Crippen LogP contribution in [0.5, 0.6) is 0 Å². The van der Waals surface area contributed by atoms with Crippen molar-refractivity contribution in [1.29, 1.82) is 0 Å². The molecule has 0 spiro atoms. The first-order valence-corrected chi connectivity index (χ1v) is 6.33. The van der Waals surface area contributed by atoms with Gasteiger partial charge >= 0.3 is 0 Å². The van der Waals surface area contributed by atoms with Crippen LogP contribution in [0.1, 0.15) is 22.8 Å². The van der Waals surface area contributed by atoms with Gasteiger partial charge in [0.15, 0.2) is 5.78 Å². The molecule has 96 valence electrons. The number of hydrogen-bond donors (Lipinski definition) is 0. The molecule has 0 fully saturated rings. The van der Waals surface area contributed by atoms with Crippen LogP contribution in [0.25, 0.3) is 0 Å². The van der Waals surface area contributed by atoms with Crippen LogP contribution in [-0.2, 0) is 6.42 Å². The largest absolute Gasteiger partial charge is 0.338 e. The quantitative estimate of drug-likeness (QED) is 0.762. The minimum Gasteiger partial charge on any atom is -0.338 e. The molecular weight excluding hydrogens is 241 g/mol. The number of carbonyl (C=O) groups excluding carboxylic acids is 1. The predicted octanol–water partition coefficient (Wildman–Crippen LogP) is 3.72. The van der Waals surface area contributed by atoms with Crippen molar-refractivity contribution in [3.63, 3.8) is 0 Å². The minimum atomic E-state index is -0.343. The average Bonchev–Trinajstić information content (AvgIpc) is 2.82. The Bertz CT molecular complexity index is 651. The average molecular weight is 255 g/mol. The Morgan fingerprint density at radius 1 is 1.16 bits per heavy atom. The number of anilines is 2. The number of benzene rings is 2. The Labute approximate surface area is 111 Å². The van der Waals surface area contributed by atoms with E-state index in [1.807, 2.05) is 29.2 Å². The molecule has 0 amide bonds. The van der Waals surface area contributed by atoms with Gasteiger partial charge in [0.2, 0.25) is 0 Å². The number of ketones is 1. The summed E-state index contributed by atoms with van der Waals surface area (Å²) in [5.74, 6) is -0.455. The lowest BCUT2D eigenvalue weighted by atomic mass is 10.1. The molecule has 3 rings (SSSR count). The smallest absolute Gasteiger partial charge is 0.162 e. The summed E-state index contributed by atoms with van der Waals surface area (Å²) in [5.41, 5.74) is 3.03. The van der Waals surface area contributed by atoms with E-state index in [-0.39, 0.29) is 11.6 Å². The number of rotatable bonds is 2. The number of halogens is 1. The zero-order valence-electron chi connectivity index (χ0n) is 10.7. The van der Waals surface area contributed by atoms with Crippen LogP contribution in [0.15, 0.2) is 42.5 Å². The molecule has 1 aliphatic rings. The molecule has 19 heavy (non-hydrogen) atoms. The van der Waals surface area contributed by atoms with Gasteiger partial charge in [0.1, 0.15) is 5.82 Å². The maximum atomic E-state index is 14.2. The Kier molecular flexibility index (Phi) is 2.82. The third-order valence-electron chi connectivity index (χ3n) is 3.52. The first-order valence-electron chi connectivity index (χ1n) is 6.33. The van der Waals surface area contributed by atoms with E-state index in [0.29, 0.717) is 17.8 Å². The molecule has 0 bridgehead atoms. The highest BCUT2D eigenvalue weighted by Gasteiger charge is 2.25. The molecule has 1 heterocycles. The van der Waals surface area contributed by atoms with Crippen LogP contribution >= 0.6 is 0 Å². The fourth-order valence-electron chi connectivity index (χ4n) is 2.64. The fraction of sp³-hybridized carbons (Fsp3) is 0.188. The number of Topliss-reactive ketones (excluding diaryl/α,β-unsaturated/α-hetero) is 1. The molecule has 2 nitrogen and oxygen atoms in total. The number of nitrogens with zero attached hydrogens (tertiary/aromatic N) is 1. The number of hydrogen-bond acceptors (Lipinski definition) is 2. The fourth-order valence-corrected chi connectivity index (χ4v) is 2.64. The van der Waals surface area contributed by atoms with Crippen LogP contribution in [0, 0.1) is 5.82 Å². The second-order valence-electron chi connectivity index (χ2n) is 4.72. The summed E-state index contributed by atoms with van der Waals surface area (Å²) in [4.78, 5) is 13.6. The van der Waals surface area contributed by atoms with E-state index in [2.05, 4.69) is 0 Å². The van der Waals surface area contributed by atoms with Crippen LogP contribution in [0.3, 0.4) is 0 Å². The van der Waals surface area contributed by atoms with E-state index in [1.165, 1.54) is 18.6 Å². The standard InChI is InChI=1S/C16H14FNO/c1-11(19)13-6-4-7-14(17)16(13)18-10-9-12-5-2-3-8-15(12)18/h2-8H,9-10H2,1H3. The van der Waals surface area contributed by atoms with Crippen molar-refractivity contribution in [2.24, 2.45) is 0 Å². The van der Waals surface area contributed by atoms with E-state index in [9.17, 15) is 9.18 Å². The molecule has 3 heteroatoms. The van der Waals surface area contributed by atoms with Gasteiger partial charge in [-0.3, -0.25) is 4.79 Å². The van der Waals surface area contributed by atoms with Crippen molar-refractivity contribution in [2.75, 3.05) is 11.4 Å². The highest BCUT2D eigenvalue weighted by molar-refractivity contribution is 6.01. The molecule has 1 aliphatic heterocycles. The second kappa shape index (κ2) is 4.50. The summed E-state index contributed by atoms with van der Waals surface area (Å²) in [6, 6.07) is 12.6. The summed E-state index contributed by atoms with van der Waals surface area (Å²) >= 11 is 0. The predicted molar refractivity (Wildman–Crippen MR) is 73.6 cm³/mol. The van der Waals surface area contributed by atoms with Crippen molar-refractivity contribution in [3.8, 4) is 0 Å². The third kappa shape index (κ3) is 1.91. The van der Waals surface area contributed by atoms with Crippen molar-refractivity contribution in [2.45, 2.75) is 13.3 Å². The molecule has 0 unspecified atom stereocenters. The van der Waals surface area contributed by atoms with Gasteiger partial charge in [0, 0.05) is 17.8 Å². The topological polar surface area (TPSA) is 20.3 Å². The van der Waals surface area contributed by atoms with Gasteiger partial charge in [0.25, 0.3) is 0 Å². The molecule has 0 radical (unpaired) electrons. The first-order chi connectivity index (χ1) is 9.18. The van der Waals surface area contributed by atoms with Gasteiger partial charge in [-0.2, -0.15) is 0 Å². The second-order valence-corrected chi connectivity index (χ2v) is 4.72. The lowest BCUT2D eigenvalue weighted by Gasteiger charge is -2.22. The summed E-state index contributed by atoms with van der Waals surface area (Å²) in [5, 5.41) is 0. The third-order valence-corrected chi connectivity index (χ3v) is 3.52. The zero-order chi connectivity index (χ0) is 13.4. The summed E-state index contributed by atoms with van der Waals surface area (Å²) in [7, 11) is 0. The summed E-state index contributed by atoms with van der Waals surface area (Å²) in [6.07, 6.45) is 0.877. The summed E-state index contributed by atoms with van der Waals surface area (Å²) < 4.78 is 14.2. The van der Waals surface area contributed by atoms with E-state index in [0.717, 1.165) is 12.1 Å². The Balaban J connectivity index is 2.17. The van der Waals surface area contributed by atoms with Gasteiger partial charge in [-0.25, -0.2) is 4.39 Å².